The maximum atomic E-state index is 9.64. The molecule has 0 saturated carbocycles. The Morgan fingerprint density at radius 3 is 2.93 bits per heavy atom. The molecule has 2 heterocycles. The van der Waals surface area contributed by atoms with E-state index in [9.17, 15) is 5.11 Å². The third kappa shape index (κ3) is 1.93. The molecule has 2 aliphatic rings. The lowest BCUT2D eigenvalue weighted by atomic mass is 10.0. The van der Waals surface area contributed by atoms with Crippen LogP contribution in [-0.2, 0) is 14.2 Å². The van der Waals surface area contributed by atoms with Gasteiger partial charge in [-0.2, -0.15) is 0 Å². The molecule has 0 aromatic carbocycles. The van der Waals surface area contributed by atoms with Gasteiger partial charge in [0.25, 0.3) is 0 Å². The number of hydrogen-bond acceptors (Lipinski definition) is 4. The number of rotatable bonds is 4. The molecule has 0 aliphatic carbocycles. The van der Waals surface area contributed by atoms with Crippen molar-refractivity contribution < 1.29 is 19.3 Å². The molecule has 2 fully saturated rings. The van der Waals surface area contributed by atoms with Gasteiger partial charge in [0.15, 0.2) is 6.29 Å². The SMILES string of the molecule is CCCCO[C@H]1CO[C@@H]2OC[C@H](O)[C@@H]21. The second-order valence-electron chi connectivity index (χ2n) is 3.94. The van der Waals surface area contributed by atoms with Crippen LogP contribution in [0.2, 0.25) is 0 Å². The van der Waals surface area contributed by atoms with Crippen molar-refractivity contribution in [3.8, 4) is 0 Å². The molecule has 2 aliphatic heterocycles. The average molecular weight is 202 g/mol. The third-order valence-electron chi connectivity index (χ3n) is 2.87. The molecular weight excluding hydrogens is 184 g/mol. The van der Waals surface area contributed by atoms with E-state index >= 15 is 0 Å². The molecule has 4 nitrogen and oxygen atoms in total. The Morgan fingerprint density at radius 2 is 2.14 bits per heavy atom. The zero-order valence-corrected chi connectivity index (χ0v) is 8.52. The smallest absolute Gasteiger partial charge is 0.165 e. The molecule has 4 atom stereocenters. The van der Waals surface area contributed by atoms with Crippen LogP contribution in [0.3, 0.4) is 0 Å². The Labute approximate surface area is 84.1 Å². The molecule has 82 valence electrons. The topological polar surface area (TPSA) is 47.9 Å². The molecule has 4 heteroatoms. The van der Waals surface area contributed by atoms with Crippen molar-refractivity contribution in [2.75, 3.05) is 19.8 Å². The summed E-state index contributed by atoms with van der Waals surface area (Å²) in [4.78, 5) is 0. The molecule has 14 heavy (non-hydrogen) atoms. The number of ether oxygens (including phenoxy) is 3. The average Bonchev–Trinajstić information content (AvgIpc) is 2.72. The van der Waals surface area contributed by atoms with Gasteiger partial charge in [-0.3, -0.25) is 0 Å². The highest BCUT2D eigenvalue weighted by Gasteiger charge is 2.47. The molecule has 0 aromatic rings. The zero-order chi connectivity index (χ0) is 9.97. The normalized spacial score (nSPS) is 41.6. The first kappa shape index (κ1) is 10.4. The first-order chi connectivity index (χ1) is 6.83. The van der Waals surface area contributed by atoms with Gasteiger partial charge < -0.3 is 19.3 Å². The van der Waals surface area contributed by atoms with Crippen molar-refractivity contribution in [2.45, 2.75) is 38.3 Å². The van der Waals surface area contributed by atoms with Gasteiger partial charge in [0.1, 0.15) is 0 Å². The maximum Gasteiger partial charge on any atom is 0.165 e. The molecule has 0 amide bonds. The van der Waals surface area contributed by atoms with Crippen LogP contribution < -0.4 is 0 Å². The van der Waals surface area contributed by atoms with Crippen molar-refractivity contribution in [1.82, 2.24) is 0 Å². The summed E-state index contributed by atoms with van der Waals surface area (Å²) in [6, 6.07) is 0. The monoisotopic (exact) mass is 202 g/mol. The van der Waals surface area contributed by atoms with E-state index in [1.165, 1.54) is 0 Å². The van der Waals surface area contributed by atoms with Crippen LogP contribution in [0.1, 0.15) is 19.8 Å². The number of hydrogen-bond donors (Lipinski definition) is 1. The minimum Gasteiger partial charge on any atom is -0.390 e. The standard InChI is InChI=1S/C10H18O4/c1-2-3-4-12-8-6-14-10-9(8)7(11)5-13-10/h7-11H,2-6H2,1H3/t7-,8-,9+,10-/m0/s1. The fraction of sp³-hybridized carbons (Fsp3) is 1.00. The molecule has 1 N–H and O–H groups in total. The Bertz CT molecular complexity index is 185. The van der Waals surface area contributed by atoms with Gasteiger partial charge in [-0.05, 0) is 6.42 Å². The third-order valence-corrected chi connectivity index (χ3v) is 2.87. The summed E-state index contributed by atoms with van der Waals surface area (Å²) >= 11 is 0. The van der Waals surface area contributed by atoms with E-state index in [2.05, 4.69) is 6.92 Å². The predicted molar refractivity (Wildman–Crippen MR) is 49.8 cm³/mol. The van der Waals surface area contributed by atoms with Gasteiger partial charge in [-0.1, -0.05) is 13.3 Å². The molecule has 2 rings (SSSR count). The Hall–Kier alpha value is -0.160. The lowest BCUT2D eigenvalue weighted by molar-refractivity contribution is -0.0914. The van der Waals surface area contributed by atoms with Gasteiger partial charge in [0, 0.05) is 6.61 Å². The fourth-order valence-electron chi connectivity index (χ4n) is 2.02. The molecule has 2 saturated heterocycles. The molecule has 0 unspecified atom stereocenters. The first-order valence-corrected chi connectivity index (χ1v) is 5.35. The van der Waals surface area contributed by atoms with Gasteiger partial charge in [0.2, 0.25) is 0 Å². The minimum atomic E-state index is -0.422. The largest absolute Gasteiger partial charge is 0.390 e. The highest BCUT2D eigenvalue weighted by atomic mass is 16.7. The van der Waals surface area contributed by atoms with Crippen molar-refractivity contribution in [2.24, 2.45) is 5.92 Å². The van der Waals surface area contributed by atoms with Crippen LogP contribution in [0.4, 0.5) is 0 Å². The van der Waals surface area contributed by atoms with Crippen molar-refractivity contribution in [1.29, 1.82) is 0 Å². The van der Waals surface area contributed by atoms with E-state index in [1.807, 2.05) is 0 Å². The van der Waals surface area contributed by atoms with Crippen molar-refractivity contribution in [3.63, 3.8) is 0 Å². The van der Waals surface area contributed by atoms with E-state index in [0.717, 1.165) is 19.4 Å². The van der Waals surface area contributed by atoms with Crippen LogP contribution in [-0.4, -0.2) is 43.4 Å². The van der Waals surface area contributed by atoms with E-state index in [-0.39, 0.29) is 18.3 Å². The molecule has 0 radical (unpaired) electrons. The summed E-state index contributed by atoms with van der Waals surface area (Å²) in [5.41, 5.74) is 0. The Kier molecular flexibility index (Phi) is 3.38. The van der Waals surface area contributed by atoms with Gasteiger partial charge in [-0.25, -0.2) is 0 Å². The fourth-order valence-corrected chi connectivity index (χ4v) is 2.02. The highest BCUT2D eigenvalue weighted by Crippen LogP contribution is 2.33. The number of aliphatic hydroxyl groups is 1. The first-order valence-electron chi connectivity index (χ1n) is 5.35. The molecular formula is C10H18O4. The van der Waals surface area contributed by atoms with E-state index in [4.69, 9.17) is 14.2 Å². The van der Waals surface area contributed by atoms with Gasteiger partial charge in [0.05, 0.1) is 31.3 Å². The van der Waals surface area contributed by atoms with Crippen LogP contribution in [0.5, 0.6) is 0 Å². The number of aliphatic hydroxyl groups excluding tert-OH is 1. The van der Waals surface area contributed by atoms with Gasteiger partial charge in [-0.15, -0.1) is 0 Å². The second-order valence-corrected chi connectivity index (χ2v) is 3.94. The van der Waals surface area contributed by atoms with Crippen LogP contribution in [0, 0.1) is 5.92 Å². The Balaban J connectivity index is 1.81. The molecule has 0 spiro atoms. The second kappa shape index (κ2) is 4.57. The summed E-state index contributed by atoms with van der Waals surface area (Å²) in [6.45, 7) is 3.81. The predicted octanol–water partition coefficient (Wildman–Crippen LogP) is 0.535. The van der Waals surface area contributed by atoms with Crippen LogP contribution >= 0.6 is 0 Å². The van der Waals surface area contributed by atoms with Crippen LogP contribution in [0.25, 0.3) is 0 Å². The summed E-state index contributed by atoms with van der Waals surface area (Å²) in [5, 5.41) is 9.64. The van der Waals surface area contributed by atoms with E-state index in [0.29, 0.717) is 13.2 Å². The number of fused-ring (bicyclic) bond motifs is 1. The summed E-state index contributed by atoms with van der Waals surface area (Å²) in [7, 11) is 0. The molecule has 0 aromatic heterocycles. The lowest BCUT2D eigenvalue weighted by Crippen LogP contribution is -2.32. The molecule has 0 bridgehead atoms. The quantitative estimate of drug-likeness (QED) is 0.676. The highest BCUT2D eigenvalue weighted by molar-refractivity contribution is 4.89. The van der Waals surface area contributed by atoms with E-state index < -0.39 is 6.10 Å². The Morgan fingerprint density at radius 1 is 1.36 bits per heavy atom. The minimum absolute atomic E-state index is 0.0176. The summed E-state index contributed by atoms with van der Waals surface area (Å²) in [5.74, 6) is 0.0202. The zero-order valence-electron chi connectivity index (χ0n) is 8.52. The lowest BCUT2D eigenvalue weighted by Gasteiger charge is -2.18. The number of unbranched alkanes of at least 4 members (excludes halogenated alkanes) is 1. The maximum absolute atomic E-state index is 9.64. The van der Waals surface area contributed by atoms with Crippen LogP contribution in [0.15, 0.2) is 0 Å². The van der Waals surface area contributed by atoms with Crippen molar-refractivity contribution >= 4 is 0 Å². The van der Waals surface area contributed by atoms with E-state index in [1.54, 1.807) is 0 Å². The van der Waals surface area contributed by atoms with Crippen molar-refractivity contribution in [3.05, 3.63) is 0 Å². The summed E-state index contributed by atoms with van der Waals surface area (Å²) in [6.07, 6.45) is 1.54. The summed E-state index contributed by atoms with van der Waals surface area (Å²) < 4.78 is 16.3. The van der Waals surface area contributed by atoms with Gasteiger partial charge >= 0.3 is 0 Å².